The van der Waals surface area contributed by atoms with Gasteiger partial charge in [0.1, 0.15) is 0 Å². The lowest BCUT2D eigenvalue weighted by Gasteiger charge is -2.54. The number of nitrogens with zero attached hydrogens (tertiary/aromatic N) is 12. The van der Waals surface area contributed by atoms with Crippen LogP contribution in [0, 0.1) is 0 Å². The summed E-state index contributed by atoms with van der Waals surface area (Å²) in [5.74, 6) is 0. The molecule has 0 saturated carbocycles. The Hall–Kier alpha value is -0.960. The Labute approximate surface area is 514 Å². The first-order chi connectivity index (χ1) is 39.2. The first kappa shape index (κ1) is 81.1. The summed E-state index contributed by atoms with van der Waals surface area (Å²) >= 11 is 0. The summed E-state index contributed by atoms with van der Waals surface area (Å²) in [5.41, 5.74) is 1.16. The number of nitrogens with one attached hydrogen (secondary N) is 6. The first-order valence-corrected chi connectivity index (χ1v) is 32.0. The van der Waals surface area contributed by atoms with Crippen molar-refractivity contribution < 1.29 is 30.6 Å². The molecule has 0 unspecified atom stereocenters. The predicted octanol–water partition coefficient (Wildman–Crippen LogP) is -0.604. The van der Waals surface area contributed by atoms with Crippen LogP contribution in [-0.2, 0) is 0 Å². The van der Waals surface area contributed by atoms with E-state index in [2.05, 4.69) is 215 Å². The molecule has 4 aliphatic heterocycles. The van der Waals surface area contributed by atoms with Crippen LogP contribution in [-0.4, -0.2) is 360 Å². The molecule has 12 N–H and O–H groups in total. The van der Waals surface area contributed by atoms with Crippen LogP contribution in [0.1, 0.15) is 125 Å². The molecule has 24 nitrogen and oxygen atoms in total. The van der Waals surface area contributed by atoms with Crippen LogP contribution in [0.3, 0.4) is 0 Å². The van der Waals surface area contributed by atoms with E-state index in [1.54, 1.807) is 0 Å². The summed E-state index contributed by atoms with van der Waals surface area (Å²) in [6.07, 6.45) is 0. The van der Waals surface area contributed by atoms with Crippen LogP contribution in [0.25, 0.3) is 0 Å². The fraction of sp³-hybridized carbons (Fsp3) is 1.00. The van der Waals surface area contributed by atoms with Gasteiger partial charge in [-0.2, -0.15) is 0 Å². The van der Waals surface area contributed by atoms with Gasteiger partial charge in [0, 0.05) is 151 Å². The average Bonchev–Trinajstić information content (AvgIpc) is 3.38. The van der Waals surface area contributed by atoms with Gasteiger partial charge in [0.15, 0.2) is 0 Å². The largest absolute Gasteiger partial charge is 0.395 e. The molecular formula is C60H138N18O6. The molecule has 0 bridgehead atoms. The van der Waals surface area contributed by atoms with Crippen LogP contribution in [0.2, 0.25) is 0 Å². The molecule has 4 aliphatic rings. The summed E-state index contributed by atoms with van der Waals surface area (Å²) in [7, 11) is 0. The number of rotatable bonds is 30. The van der Waals surface area contributed by atoms with E-state index in [0.717, 1.165) is 159 Å². The topological polar surface area (TPSA) is 232 Å². The van der Waals surface area contributed by atoms with Crippen LogP contribution >= 0.6 is 0 Å². The zero-order valence-electron chi connectivity index (χ0n) is 57.5. The molecule has 4 fully saturated rings. The Morgan fingerprint density at radius 3 is 0.488 bits per heavy atom. The molecule has 0 aromatic rings. The zero-order valence-corrected chi connectivity index (χ0v) is 57.5. The van der Waals surface area contributed by atoms with E-state index >= 15 is 0 Å². The Morgan fingerprint density at radius 2 is 0.333 bits per heavy atom. The SMILES string of the molecule is CC(C)(C)N1CN(C(C)(C)C)CN(C(C)(C)C)C1.CC(C)(C)N1CN(CCNCCO)CN(C(C)(C)C)C1.CC(C)(C)N1CN(CCNCCO)CN(CCNCCO)C1.OCCNCCN1CN(CCNCCO)CN(CCNCCO)C1. The molecule has 0 radical (unpaired) electrons. The van der Waals surface area contributed by atoms with Gasteiger partial charge in [0.2, 0.25) is 0 Å². The molecule has 4 heterocycles. The van der Waals surface area contributed by atoms with Crippen LogP contribution in [0.5, 0.6) is 0 Å². The average molecular weight is 1210 g/mol. The quantitative estimate of drug-likeness (QED) is 0.0403. The Kier molecular flexibility index (Phi) is 40.7. The van der Waals surface area contributed by atoms with Crippen molar-refractivity contribution in [3.63, 3.8) is 0 Å². The highest BCUT2D eigenvalue weighted by atomic mass is 16.3. The highest BCUT2D eigenvalue weighted by molar-refractivity contribution is 4.90. The lowest BCUT2D eigenvalue weighted by atomic mass is 10.0. The van der Waals surface area contributed by atoms with E-state index in [0.29, 0.717) is 39.3 Å². The number of aliphatic hydroxyl groups excluding tert-OH is 6. The van der Waals surface area contributed by atoms with E-state index in [4.69, 9.17) is 30.6 Å². The molecular weight excluding hydrogens is 1070 g/mol. The summed E-state index contributed by atoms with van der Waals surface area (Å²) < 4.78 is 0. The van der Waals surface area contributed by atoms with Crippen molar-refractivity contribution in [3.8, 4) is 0 Å². The maximum atomic E-state index is 8.83. The molecule has 24 heteroatoms. The summed E-state index contributed by atoms with van der Waals surface area (Å²) in [5, 5.41) is 72.3. The van der Waals surface area contributed by atoms with Crippen LogP contribution in [0.15, 0.2) is 0 Å². The van der Waals surface area contributed by atoms with Crippen molar-refractivity contribution in [2.45, 2.75) is 158 Å². The maximum Gasteiger partial charge on any atom is 0.0555 e. The normalized spacial score (nSPS) is 19.7. The van der Waals surface area contributed by atoms with Crippen molar-refractivity contribution >= 4 is 0 Å². The minimum absolute atomic E-state index is 0.147. The third-order valence-corrected chi connectivity index (χ3v) is 15.5. The van der Waals surface area contributed by atoms with Crippen molar-refractivity contribution in [2.24, 2.45) is 0 Å². The van der Waals surface area contributed by atoms with Gasteiger partial charge in [0.25, 0.3) is 0 Å². The second-order valence-electron chi connectivity index (χ2n) is 29.2. The fourth-order valence-corrected chi connectivity index (χ4v) is 9.50. The number of hydrogen-bond acceptors (Lipinski definition) is 24. The van der Waals surface area contributed by atoms with Crippen molar-refractivity contribution in [1.82, 2.24) is 90.7 Å². The second-order valence-corrected chi connectivity index (χ2v) is 29.2. The molecule has 4 saturated heterocycles. The molecule has 84 heavy (non-hydrogen) atoms. The smallest absolute Gasteiger partial charge is 0.0555 e. The standard InChI is InChI=1S/C15H36N6O3.C15H35N5O2.C15H34N4O.C15H33N3/c22-10-4-16-1-7-19-13-20(8-2-17-5-11-23)15-21(14-19)9-3-18-6-12-24;1-15(2,3)20-13-18(8-4-16-6-10-21)12-19(14-20)9-5-17-7-11-22;1-14(2,3)18-11-17(9-7-16-8-10-20)12-19(13-18)15(4,5)6;1-13(2,3)16-10-17(14(4,5)6)12-18(11-16)15(7,8)9/h16-18,22-24H,1-15H2;16-17,21-22H,4-14H2,1-3H3;16,20H,7-13H2,1-6H3;10-12H2,1-9H3. The second kappa shape index (κ2) is 42.2. The van der Waals surface area contributed by atoms with E-state index in [9.17, 15) is 0 Å². The molecule has 0 atom stereocenters. The van der Waals surface area contributed by atoms with Gasteiger partial charge in [-0.15, -0.1) is 0 Å². The van der Waals surface area contributed by atoms with Gasteiger partial charge in [0.05, 0.1) is 120 Å². The van der Waals surface area contributed by atoms with Gasteiger partial charge < -0.3 is 62.5 Å². The minimum atomic E-state index is 0.147. The van der Waals surface area contributed by atoms with Gasteiger partial charge in [-0.3, -0.25) is 58.8 Å². The lowest BCUT2D eigenvalue weighted by molar-refractivity contribution is -0.128. The molecule has 4 rings (SSSR count). The Balaban J connectivity index is 0.000000563. The monoisotopic (exact) mass is 1210 g/mol. The van der Waals surface area contributed by atoms with E-state index in [1.807, 2.05) is 0 Å². The third kappa shape index (κ3) is 36.6. The third-order valence-electron chi connectivity index (χ3n) is 15.5. The summed E-state index contributed by atoms with van der Waals surface area (Å²) in [6.45, 7) is 69.3. The van der Waals surface area contributed by atoms with E-state index < -0.39 is 0 Å². The number of aliphatic hydroxyl groups is 6. The highest BCUT2D eigenvalue weighted by Crippen LogP contribution is 2.28. The molecule has 0 spiro atoms. The van der Waals surface area contributed by atoms with Crippen molar-refractivity contribution in [2.75, 3.05) is 237 Å². The van der Waals surface area contributed by atoms with E-state index in [-0.39, 0.29) is 72.9 Å². The fourth-order valence-electron chi connectivity index (χ4n) is 9.50. The molecule has 0 aromatic heterocycles. The predicted molar refractivity (Wildman–Crippen MR) is 348 cm³/mol. The first-order valence-electron chi connectivity index (χ1n) is 32.0. The molecule has 504 valence electrons. The van der Waals surface area contributed by atoms with Crippen molar-refractivity contribution in [1.29, 1.82) is 0 Å². The summed E-state index contributed by atoms with van der Waals surface area (Å²) in [4.78, 5) is 29.7. The highest BCUT2D eigenvalue weighted by Gasteiger charge is 2.39. The van der Waals surface area contributed by atoms with Crippen molar-refractivity contribution in [3.05, 3.63) is 0 Å². The van der Waals surface area contributed by atoms with Crippen LogP contribution in [0.4, 0.5) is 0 Å². The molecule has 0 amide bonds. The Bertz CT molecular complexity index is 1450. The number of hydrogen-bond donors (Lipinski definition) is 12. The van der Waals surface area contributed by atoms with Gasteiger partial charge >= 0.3 is 0 Å². The van der Waals surface area contributed by atoms with E-state index in [1.165, 1.54) is 0 Å². The lowest BCUT2D eigenvalue weighted by Crippen LogP contribution is -2.66. The summed E-state index contributed by atoms with van der Waals surface area (Å²) in [6, 6.07) is 0. The van der Waals surface area contributed by atoms with Gasteiger partial charge in [-0.1, -0.05) is 0 Å². The maximum absolute atomic E-state index is 8.83. The Morgan fingerprint density at radius 1 is 0.202 bits per heavy atom. The minimum Gasteiger partial charge on any atom is -0.395 e. The van der Waals surface area contributed by atoms with Gasteiger partial charge in [-0.05, 0) is 125 Å². The van der Waals surface area contributed by atoms with Crippen LogP contribution < -0.4 is 31.9 Å². The zero-order chi connectivity index (χ0) is 63.6. The van der Waals surface area contributed by atoms with Gasteiger partial charge in [-0.25, -0.2) is 0 Å². The molecule has 0 aliphatic carbocycles. The molecule has 0 aromatic carbocycles.